The van der Waals surface area contributed by atoms with Crippen molar-refractivity contribution in [3.63, 3.8) is 0 Å². The predicted octanol–water partition coefficient (Wildman–Crippen LogP) is 6.41. The molecule has 1 unspecified atom stereocenters. The highest BCUT2D eigenvalue weighted by Gasteiger charge is 2.35. The molecular formula is C21H16ClF3N2OS. The minimum atomic E-state index is -4.66. The lowest BCUT2D eigenvalue weighted by atomic mass is 10.1. The molecule has 0 spiro atoms. The lowest BCUT2D eigenvalue weighted by molar-refractivity contribution is -0.137. The molecule has 0 aromatic heterocycles. The maximum atomic E-state index is 13.4. The molecule has 0 heterocycles. The van der Waals surface area contributed by atoms with Crippen LogP contribution in [-0.4, -0.2) is 5.91 Å². The van der Waals surface area contributed by atoms with Crippen molar-refractivity contribution in [1.82, 2.24) is 0 Å². The first-order chi connectivity index (χ1) is 13.7. The Bertz CT molecular complexity index is 1010. The Morgan fingerprint density at radius 1 is 1.00 bits per heavy atom. The van der Waals surface area contributed by atoms with Gasteiger partial charge in [-0.1, -0.05) is 48.0 Å². The Morgan fingerprint density at radius 3 is 2.38 bits per heavy atom. The number of hydrogen-bond donors (Lipinski definition) is 2. The topological polar surface area (TPSA) is 55.1 Å². The molecule has 3 aromatic rings. The van der Waals surface area contributed by atoms with E-state index < -0.39 is 22.9 Å². The summed E-state index contributed by atoms with van der Waals surface area (Å²) >= 11 is 6.91. The molecule has 29 heavy (non-hydrogen) atoms. The molecule has 0 radical (unpaired) electrons. The molecule has 8 heteroatoms. The number of benzene rings is 3. The molecule has 1 amide bonds. The van der Waals surface area contributed by atoms with Gasteiger partial charge >= 0.3 is 6.18 Å². The summed E-state index contributed by atoms with van der Waals surface area (Å²) < 4.78 is 40.1. The van der Waals surface area contributed by atoms with Gasteiger partial charge in [-0.15, -0.1) is 11.8 Å². The van der Waals surface area contributed by atoms with Crippen LogP contribution in [0.3, 0.4) is 0 Å². The molecule has 0 saturated heterocycles. The van der Waals surface area contributed by atoms with Gasteiger partial charge in [0.2, 0.25) is 5.91 Å². The Hall–Kier alpha value is -2.64. The molecule has 0 fully saturated rings. The minimum Gasteiger partial charge on any atom is -0.399 e. The number of anilines is 2. The van der Waals surface area contributed by atoms with Gasteiger partial charge < -0.3 is 11.1 Å². The van der Waals surface area contributed by atoms with E-state index in [0.29, 0.717) is 11.3 Å². The van der Waals surface area contributed by atoms with E-state index in [2.05, 4.69) is 5.32 Å². The Balaban J connectivity index is 1.94. The predicted molar refractivity (Wildman–Crippen MR) is 111 cm³/mol. The van der Waals surface area contributed by atoms with Gasteiger partial charge in [0.1, 0.15) is 5.25 Å². The van der Waals surface area contributed by atoms with E-state index in [-0.39, 0.29) is 10.7 Å². The summed E-state index contributed by atoms with van der Waals surface area (Å²) in [5.74, 6) is -0.587. The van der Waals surface area contributed by atoms with Crippen molar-refractivity contribution < 1.29 is 18.0 Å². The molecule has 0 bridgehead atoms. The van der Waals surface area contributed by atoms with E-state index in [4.69, 9.17) is 17.3 Å². The Morgan fingerprint density at radius 2 is 1.72 bits per heavy atom. The van der Waals surface area contributed by atoms with Gasteiger partial charge in [0, 0.05) is 15.6 Å². The average Bonchev–Trinajstić information content (AvgIpc) is 2.67. The van der Waals surface area contributed by atoms with Crippen LogP contribution in [0.15, 0.2) is 77.7 Å². The highest BCUT2D eigenvalue weighted by atomic mass is 35.5. The van der Waals surface area contributed by atoms with Crippen LogP contribution < -0.4 is 11.1 Å². The van der Waals surface area contributed by atoms with E-state index >= 15 is 0 Å². The van der Waals surface area contributed by atoms with Crippen LogP contribution >= 0.6 is 23.4 Å². The second-order valence-corrected chi connectivity index (χ2v) is 7.77. The normalized spacial score (nSPS) is 12.4. The molecule has 3 nitrogen and oxygen atoms in total. The number of rotatable bonds is 5. The van der Waals surface area contributed by atoms with Crippen LogP contribution in [0.25, 0.3) is 0 Å². The summed E-state index contributed by atoms with van der Waals surface area (Å²) in [6.45, 7) is 0. The molecular weight excluding hydrogens is 421 g/mol. The summed E-state index contributed by atoms with van der Waals surface area (Å²) in [6, 6.07) is 19.0. The first-order valence-corrected chi connectivity index (χ1v) is 9.74. The van der Waals surface area contributed by atoms with Crippen molar-refractivity contribution in [2.75, 3.05) is 11.1 Å². The molecule has 3 aromatic carbocycles. The number of nitrogen functional groups attached to an aromatic ring is 1. The van der Waals surface area contributed by atoms with Gasteiger partial charge in [0.25, 0.3) is 0 Å². The molecule has 1 atom stereocenters. The molecule has 150 valence electrons. The summed E-state index contributed by atoms with van der Waals surface area (Å²) in [5, 5.41) is 1.56. The highest BCUT2D eigenvalue weighted by Crippen LogP contribution is 2.40. The van der Waals surface area contributed by atoms with E-state index in [1.54, 1.807) is 54.6 Å². The number of thioether (sulfide) groups is 1. The van der Waals surface area contributed by atoms with Crippen molar-refractivity contribution in [3.05, 3.63) is 88.9 Å². The van der Waals surface area contributed by atoms with Crippen LogP contribution in [0, 0.1) is 0 Å². The number of nitrogens with two attached hydrogens (primary N) is 1. The van der Waals surface area contributed by atoms with Crippen LogP contribution in [-0.2, 0) is 11.0 Å². The second-order valence-electron chi connectivity index (χ2n) is 6.16. The fraction of sp³-hybridized carbons (Fsp3) is 0.0952. The number of amides is 1. The van der Waals surface area contributed by atoms with E-state index in [9.17, 15) is 18.0 Å². The smallest absolute Gasteiger partial charge is 0.399 e. The molecule has 0 aliphatic carbocycles. The summed E-state index contributed by atoms with van der Waals surface area (Å²) in [5.41, 5.74) is 5.64. The third kappa shape index (κ3) is 5.46. The van der Waals surface area contributed by atoms with Gasteiger partial charge in [-0.3, -0.25) is 4.79 Å². The molecule has 3 rings (SSSR count). The SMILES string of the molecule is Nc1cccc(SC(C(=O)Nc2ccc(Cl)cc2C(F)(F)F)c2ccccc2)c1. The minimum absolute atomic E-state index is 0.0657. The fourth-order valence-corrected chi connectivity index (χ4v) is 3.95. The fourth-order valence-electron chi connectivity index (χ4n) is 2.68. The van der Waals surface area contributed by atoms with Crippen molar-refractivity contribution in [2.45, 2.75) is 16.3 Å². The second kappa shape index (κ2) is 8.80. The number of hydrogen-bond acceptors (Lipinski definition) is 3. The molecule has 0 saturated carbocycles. The molecule has 3 N–H and O–H groups in total. The quantitative estimate of drug-likeness (QED) is 0.358. The zero-order valence-electron chi connectivity index (χ0n) is 14.9. The first-order valence-electron chi connectivity index (χ1n) is 8.49. The highest BCUT2D eigenvalue weighted by molar-refractivity contribution is 8.00. The largest absolute Gasteiger partial charge is 0.418 e. The number of alkyl halides is 3. The van der Waals surface area contributed by atoms with Gasteiger partial charge in [0.05, 0.1) is 11.3 Å². The van der Waals surface area contributed by atoms with E-state index in [0.717, 1.165) is 17.0 Å². The van der Waals surface area contributed by atoms with Gasteiger partial charge in [-0.05, 0) is 42.0 Å². The third-order valence-corrected chi connectivity index (χ3v) is 5.48. The van der Waals surface area contributed by atoms with E-state index in [1.165, 1.54) is 17.8 Å². The first kappa shape index (κ1) is 21.1. The maximum Gasteiger partial charge on any atom is 0.418 e. The summed E-state index contributed by atoms with van der Waals surface area (Å²) in [7, 11) is 0. The van der Waals surface area contributed by atoms with Crippen LogP contribution in [0.2, 0.25) is 5.02 Å². The number of nitrogens with one attached hydrogen (secondary N) is 1. The van der Waals surface area contributed by atoms with Gasteiger partial charge in [-0.2, -0.15) is 13.2 Å². The zero-order chi connectivity index (χ0) is 21.0. The Kier molecular flexibility index (Phi) is 6.39. The lowest BCUT2D eigenvalue weighted by Gasteiger charge is -2.19. The molecule has 0 aliphatic heterocycles. The number of carbonyl (C=O) groups is 1. The van der Waals surface area contributed by atoms with Crippen LogP contribution in [0.5, 0.6) is 0 Å². The number of carbonyl (C=O) groups excluding carboxylic acids is 1. The van der Waals surface area contributed by atoms with Gasteiger partial charge in [-0.25, -0.2) is 0 Å². The van der Waals surface area contributed by atoms with Crippen molar-refractivity contribution in [2.24, 2.45) is 0 Å². The lowest BCUT2D eigenvalue weighted by Crippen LogP contribution is -2.21. The molecule has 0 aliphatic rings. The van der Waals surface area contributed by atoms with Crippen LogP contribution in [0.4, 0.5) is 24.5 Å². The summed E-state index contributed by atoms with van der Waals surface area (Å²) in [6.07, 6.45) is -4.66. The van der Waals surface area contributed by atoms with Crippen molar-refractivity contribution >= 4 is 40.6 Å². The van der Waals surface area contributed by atoms with Crippen molar-refractivity contribution in [1.29, 1.82) is 0 Å². The summed E-state index contributed by atoms with van der Waals surface area (Å²) in [4.78, 5) is 13.7. The standard InChI is InChI=1S/C21H16ClF3N2OS/c22-14-9-10-18(17(11-14)21(23,24)25)27-20(28)19(13-5-2-1-3-6-13)29-16-8-4-7-15(26)12-16/h1-12,19H,26H2,(H,27,28). The maximum absolute atomic E-state index is 13.4. The third-order valence-electron chi connectivity index (χ3n) is 4.00. The zero-order valence-corrected chi connectivity index (χ0v) is 16.5. The number of halogens is 4. The van der Waals surface area contributed by atoms with Crippen molar-refractivity contribution in [3.8, 4) is 0 Å². The van der Waals surface area contributed by atoms with Gasteiger partial charge in [0.15, 0.2) is 0 Å². The Labute approximate surface area is 175 Å². The van der Waals surface area contributed by atoms with Crippen LogP contribution in [0.1, 0.15) is 16.4 Å². The monoisotopic (exact) mass is 436 g/mol. The average molecular weight is 437 g/mol. The van der Waals surface area contributed by atoms with E-state index in [1.807, 2.05) is 0 Å².